The molecule has 0 unspecified atom stereocenters. The van der Waals surface area contributed by atoms with E-state index in [1.165, 1.54) is 10.5 Å². The molecule has 0 bridgehead atoms. The predicted molar refractivity (Wildman–Crippen MR) is 106 cm³/mol. The lowest BCUT2D eigenvalue weighted by atomic mass is 10.1. The van der Waals surface area contributed by atoms with Crippen molar-refractivity contribution in [2.24, 2.45) is 0 Å². The van der Waals surface area contributed by atoms with Crippen LogP contribution in [0.3, 0.4) is 0 Å². The summed E-state index contributed by atoms with van der Waals surface area (Å²) in [5.74, 6) is 1.81. The van der Waals surface area contributed by atoms with Crippen molar-refractivity contribution in [2.45, 2.75) is 32.6 Å². The van der Waals surface area contributed by atoms with Crippen LogP contribution in [0.25, 0.3) is 0 Å². The number of carbonyl (C=O) groups excluding carboxylic acids is 1. The van der Waals surface area contributed by atoms with Gasteiger partial charge in [0.15, 0.2) is 18.0 Å². The van der Waals surface area contributed by atoms with Gasteiger partial charge in [0.25, 0.3) is 5.91 Å². The van der Waals surface area contributed by atoms with Crippen LogP contribution in [-0.4, -0.2) is 83.0 Å². The Morgan fingerprint density at radius 1 is 1.04 bits per heavy atom. The normalized spacial score (nSPS) is 28.1. The highest BCUT2D eigenvalue weighted by Crippen LogP contribution is 2.27. The van der Waals surface area contributed by atoms with E-state index in [-0.39, 0.29) is 18.1 Å². The average Bonchev–Trinajstić information content (AvgIpc) is 2.68. The first-order valence-electron chi connectivity index (χ1n) is 10.3. The standard InChI is InChI=1S/C21H33N3O4/c1-16-12-24(13-17(2)28-16)21(25)15-23-9-7-22(8-10-23)14-18-5-6-19(26-3)20(11-18)27-4/h5-6,11,16-17H,7-10,12-15H2,1-4H3/p+2/t16-,17+. The summed E-state index contributed by atoms with van der Waals surface area (Å²) >= 11 is 0. The molecule has 28 heavy (non-hydrogen) atoms. The zero-order chi connectivity index (χ0) is 20.1. The van der Waals surface area contributed by atoms with Crippen molar-refractivity contribution < 1.29 is 28.8 Å². The Bertz CT molecular complexity index is 651. The highest BCUT2D eigenvalue weighted by Gasteiger charge is 2.30. The van der Waals surface area contributed by atoms with Crippen LogP contribution in [0.4, 0.5) is 0 Å². The maximum absolute atomic E-state index is 12.7. The highest BCUT2D eigenvalue weighted by molar-refractivity contribution is 5.77. The molecule has 7 nitrogen and oxygen atoms in total. The van der Waals surface area contributed by atoms with E-state index in [2.05, 4.69) is 12.1 Å². The van der Waals surface area contributed by atoms with E-state index in [0.717, 1.165) is 44.2 Å². The zero-order valence-corrected chi connectivity index (χ0v) is 17.6. The number of hydrogen-bond donors (Lipinski definition) is 2. The largest absolute Gasteiger partial charge is 0.493 e. The number of quaternary nitrogens is 2. The lowest BCUT2D eigenvalue weighted by Gasteiger charge is -2.36. The second-order valence-electron chi connectivity index (χ2n) is 8.10. The Labute approximate surface area is 168 Å². The van der Waals surface area contributed by atoms with Gasteiger partial charge in [0.05, 0.1) is 26.4 Å². The zero-order valence-electron chi connectivity index (χ0n) is 17.6. The lowest BCUT2D eigenvalue weighted by Crippen LogP contribution is -3.28. The molecule has 3 rings (SSSR count). The summed E-state index contributed by atoms with van der Waals surface area (Å²) in [6.07, 6.45) is 0.260. The molecule has 1 aromatic carbocycles. The van der Waals surface area contributed by atoms with Crippen LogP contribution in [0, 0.1) is 0 Å². The summed E-state index contributed by atoms with van der Waals surface area (Å²) in [6.45, 7) is 11.3. The minimum absolute atomic E-state index is 0.130. The molecular weight excluding hydrogens is 358 g/mol. The van der Waals surface area contributed by atoms with E-state index in [9.17, 15) is 4.79 Å². The average molecular weight is 394 g/mol. The molecule has 0 saturated carbocycles. The van der Waals surface area contributed by atoms with Crippen LogP contribution < -0.4 is 19.3 Å². The summed E-state index contributed by atoms with van der Waals surface area (Å²) < 4.78 is 16.5. The quantitative estimate of drug-likeness (QED) is 0.626. The van der Waals surface area contributed by atoms with E-state index < -0.39 is 0 Å². The van der Waals surface area contributed by atoms with Crippen LogP contribution in [0.1, 0.15) is 19.4 Å². The number of ether oxygens (including phenoxy) is 3. The maximum atomic E-state index is 12.7. The van der Waals surface area contributed by atoms with Crippen molar-refractivity contribution in [3.05, 3.63) is 23.8 Å². The first-order valence-corrected chi connectivity index (χ1v) is 10.3. The summed E-state index contributed by atoms with van der Waals surface area (Å²) in [5, 5.41) is 0. The van der Waals surface area contributed by atoms with Gasteiger partial charge in [-0.1, -0.05) is 0 Å². The number of piperazine rings is 1. The summed E-state index contributed by atoms with van der Waals surface area (Å²) in [7, 11) is 3.33. The third kappa shape index (κ3) is 5.37. The molecule has 2 aliphatic heterocycles. The molecule has 2 heterocycles. The molecule has 2 N–H and O–H groups in total. The van der Waals surface area contributed by atoms with Gasteiger partial charge in [0.2, 0.25) is 0 Å². The van der Waals surface area contributed by atoms with Crippen LogP contribution in [0.2, 0.25) is 0 Å². The van der Waals surface area contributed by atoms with Crippen LogP contribution in [0.15, 0.2) is 18.2 Å². The van der Waals surface area contributed by atoms with Crippen molar-refractivity contribution in [2.75, 3.05) is 60.0 Å². The van der Waals surface area contributed by atoms with Gasteiger partial charge >= 0.3 is 0 Å². The summed E-state index contributed by atoms with van der Waals surface area (Å²) in [6, 6.07) is 6.14. The highest BCUT2D eigenvalue weighted by atomic mass is 16.5. The maximum Gasteiger partial charge on any atom is 0.277 e. The molecule has 0 aromatic heterocycles. The fourth-order valence-corrected chi connectivity index (χ4v) is 4.30. The van der Waals surface area contributed by atoms with Gasteiger partial charge in [-0.05, 0) is 32.0 Å². The number of rotatable bonds is 6. The van der Waals surface area contributed by atoms with E-state index in [0.29, 0.717) is 19.6 Å². The van der Waals surface area contributed by atoms with Gasteiger partial charge in [-0.2, -0.15) is 0 Å². The number of hydrogen-bond acceptors (Lipinski definition) is 4. The molecule has 1 amide bonds. The number of methoxy groups -OCH3 is 2. The second kappa shape index (κ2) is 9.58. The minimum atomic E-state index is 0.130. The Morgan fingerprint density at radius 3 is 2.25 bits per heavy atom. The molecular formula is C21H35N3O4+2. The first-order chi connectivity index (χ1) is 13.5. The molecule has 7 heteroatoms. The van der Waals surface area contributed by atoms with Crippen LogP contribution in [-0.2, 0) is 16.1 Å². The third-order valence-corrected chi connectivity index (χ3v) is 5.74. The molecule has 2 atom stereocenters. The van der Waals surface area contributed by atoms with Gasteiger partial charge in [0.1, 0.15) is 32.7 Å². The van der Waals surface area contributed by atoms with Crippen molar-refractivity contribution in [3.8, 4) is 11.5 Å². The molecule has 2 aliphatic rings. The number of nitrogens with one attached hydrogen (secondary N) is 2. The molecule has 0 spiro atoms. The molecule has 0 aliphatic carbocycles. The summed E-state index contributed by atoms with van der Waals surface area (Å²) in [5.41, 5.74) is 1.25. The van der Waals surface area contributed by atoms with Crippen molar-refractivity contribution in [1.82, 2.24) is 4.90 Å². The second-order valence-corrected chi connectivity index (χ2v) is 8.10. The number of morpholine rings is 1. The van der Waals surface area contributed by atoms with Crippen molar-refractivity contribution in [3.63, 3.8) is 0 Å². The van der Waals surface area contributed by atoms with Gasteiger partial charge < -0.3 is 28.9 Å². The van der Waals surface area contributed by atoms with E-state index in [1.54, 1.807) is 19.1 Å². The first kappa shape index (κ1) is 20.9. The van der Waals surface area contributed by atoms with Gasteiger partial charge in [-0.3, -0.25) is 4.79 Å². The molecule has 0 radical (unpaired) electrons. The topological polar surface area (TPSA) is 56.9 Å². The number of carbonyl (C=O) groups is 1. The van der Waals surface area contributed by atoms with Crippen molar-refractivity contribution in [1.29, 1.82) is 0 Å². The minimum Gasteiger partial charge on any atom is -0.493 e. The number of amides is 1. The molecule has 2 saturated heterocycles. The Hall–Kier alpha value is -1.83. The Balaban J connectivity index is 1.46. The number of benzene rings is 1. The summed E-state index contributed by atoms with van der Waals surface area (Å²) in [4.78, 5) is 17.6. The van der Waals surface area contributed by atoms with Crippen molar-refractivity contribution >= 4 is 5.91 Å². The van der Waals surface area contributed by atoms with E-state index in [4.69, 9.17) is 14.2 Å². The Kier molecular flexibility index (Phi) is 7.15. The smallest absolute Gasteiger partial charge is 0.277 e. The monoisotopic (exact) mass is 393 g/mol. The number of nitrogens with zero attached hydrogens (tertiary/aromatic N) is 1. The Morgan fingerprint density at radius 2 is 1.64 bits per heavy atom. The van der Waals surface area contributed by atoms with Crippen LogP contribution >= 0.6 is 0 Å². The predicted octanol–water partition coefficient (Wildman–Crippen LogP) is -1.38. The SMILES string of the molecule is COc1ccc(C[NH+]2CC[NH+](CC(=O)N3C[C@@H](C)O[C@@H](C)C3)CC2)cc1OC. The molecule has 1 aromatic rings. The third-order valence-electron chi connectivity index (χ3n) is 5.74. The fourth-order valence-electron chi connectivity index (χ4n) is 4.30. The fraction of sp³-hybridized carbons (Fsp3) is 0.667. The van der Waals surface area contributed by atoms with Gasteiger partial charge in [-0.25, -0.2) is 0 Å². The van der Waals surface area contributed by atoms with E-state index >= 15 is 0 Å². The van der Waals surface area contributed by atoms with Crippen LogP contribution in [0.5, 0.6) is 11.5 Å². The molecule has 2 fully saturated rings. The van der Waals surface area contributed by atoms with E-state index in [1.807, 2.05) is 24.8 Å². The van der Waals surface area contributed by atoms with Gasteiger partial charge in [-0.15, -0.1) is 0 Å². The molecule has 156 valence electrons. The van der Waals surface area contributed by atoms with Gasteiger partial charge in [0, 0.05) is 18.7 Å². The lowest BCUT2D eigenvalue weighted by molar-refractivity contribution is -1.02.